The fraction of sp³-hybridized carbons (Fsp3) is 0.353. The summed E-state index contributed by atoms with van der Waals surface area (Å²) in [6.07, 6.45) is 1.000. The van der Waals surface area contributed by atoms with Crippen molar-refractivity contribution in [3.63, 3.8) is 0 Å². The molecule has 2 aromatic rings. The van der Waals surface area contributed by atoms with Gasteiger partial charge in [-0.25, -0.2) is 0 Å². The second-order valence-corrected chi connectivity index (χ2v) is 5.14. The number of carbonyl (C=O) groups is 1. The number of nitrogens with zero attached hydrogens (tertiary/aromatic N) is 3. The Morgan fingerprint density at radius 2 is 1.86 bits per heavy atom. The Kier molecular flexibility index (Phi) is 5.47. The highest BCUT2D eigenvalue weighted by atomic mass is 16.2. The molecule has 0 fully saturated rings. The highest BCUT2D eigenvalue weighted by Gasteiger charge is 2.17. The number of anilines is 2. The average molecular weight is 298 g/mol. The van der Waals surface area contributed by atoms with Crippen molar-refractivity contribution in [3.05, 3.63) is 48.2 Å². The first-order valence-corrected chi connectivity index (χ1v) is 7.62. The summed E-state index contributed by atoms with van der Waals surface area (Å²) in [5.74, 6) is 0.546. The smallest absolute Gasteiger partial charge is 0.278 e. The fourth-order valence-corrected chi connectivity index (χ4v) is 2.07. The van der Waals surface area contributed by atoms with E-state index in [9.17, 15) is 4.79 Å². The van der Waals surface area contributed by atoms with Crippen LogP contribution in [0.4, 0.5) is 11.5 Å². The van der Waals surface area contributed by atoms with Crippen LogP contribution in [0.25, 0.3) is 0 Å². The first kappa shape index (κ1) is 15.9. The van der Waals surface area contributed by atoms with E-state index in [1.807, 2.05) is 37.3 Å². The van der Waals surface area contributed by atoms with E-state index in [1.54, 1.807) is 17.0 Å². The highest BCUT2D eigenvalue weighted by molar-refractivity contribution is 6.04. The van der Waals surface area contributed by atoms with E-state index in [0.29, 0.717) is 24.1 Å². The van der Waals surface area contributed by atoms with Gasteiger partial charge in [0.05, 0.1) is 0 Å². The van der Waals surface area contributed by atoms with Gasteiger partial charge in [-0.3, -0.25) is 4.79 Å². The van der Waals surface area contributed by atoms with Crippen molar-refractivity contribution in [2.45, 2.75) is 33.2 Å². The van der Waals surface area contributed by atoms with Crippen LogP contribution >= 0.6 is 0 Å². The highest BCUT2D eigenvalue weighted by Crippen LogP contribution is 2.16. The lowest BCUT2D eigenvalue weighted by molar-refractivity contribution is 0.0982. The molecule has 0 saturated carbocycles. The standard InChI is InChI=1S/C17H22N4O/c1-4-13(3)18-16-12-11-15(19-20-16)17(22)21(5-2)14-9-7-6-8-10-14/h6-13H,4-5H2,1-3H3,(H,18,20). The maximum Gasteiger partial charge on any atom is 0.278 e. The average Bonchev–Trinajstić information content (AvgIpc) is 2.57. The molecule has 0 aliphatic rings. The molecule has 0 aliphatic carbocycles. The lowest BCUT2D eigenvalue weighted by atomic mass is 10.2. The molecule has 22 heavy (non-hydrogen) atoms. The number of amides is 1. The monoisotopic (exact) mass is 298 g/mol. The molecule has 0 aliphatic heterocycles. The van der Waals surface area contributed by atoms with Gasteiger partial charge in [-0.2, -0.15) is 0 Å². The van der Waals surface area contributed by atoms with Crippen molar-refractivity contribution < 1.29 is 4.79 Å². The van der Waals surface area contributed by atoms with Gasteiger partial charge in [0.25, 0.3) is 5.91 Å². The molecule has 2 rings (SSSR count). The molecular weight excluding hydrogens is 276 g/mol. The lowest BCUT2D eigenvalue weighted by Crippen LogP contribution is -2.31. The van der Waals surface area contributed by atoms with Crippen LogP contribution in [0, 0.1) is 0 Å². The molecule has 1 N–H and O–H groups in total. The second-order valence-electron chi connectivity index (χ2n) is 5.14. The van der Waals surface area contributed by atoms with Gasteiger partial charge in [0, 0.05) is 18.3 Å². The van der Waals surface area contributed by atoms with Gasteiger partial charge < -0.3 is 10.2 Å². The Morgan fingerprint density at radius 1 is 1.14 bits per heavy atom. The SMILES string of the molecule is CCC(C)Nc1ccc(C(=O)N(CC)c2ccccc2)nn1. The van der Waals surface area contributed by atoms with Crippen LogP contribution in [0.2, 0.25) is 0 Å². The Hall–Kier alpha value is -2.43. The maximum absolute atomic E-state index is 12.6. The number of nitrogens with one attached hydrogen (secondary N) is 1. The number of hydrogen-bond acceptors (Lipinski definition) is 4. The number of para-hydroxylation sites is 1. The van der Waals surface area contributed by atoms with Crippen LogP contribution in [0.3, 0.4) is 0 Å². The number of benzene rings is 1. The molecule has 1 atom stereocenters. The largest absolute Gasteiger partial charge is 0.366 e. The van der Waals surface area contributed by atoms with E-state index in [0.717, 1.165) is 12.1 Å². The van der Waals surface area contributed by atoms with Crippen molar-refractivity contribution in [1.82, 2.24) is 10.2 Å². The van der Waals surface area contributed by atoms with Crippen LogP contribution < -0.4 is 10.2 Å². The normalized spacial score (nSPS) is 11.8. The van der Waals surface area contributed by atoms with Gasteiger partial charge in [-0.05, 0) is 44.5 Å². The van der Waals surface area contributed by atoms with E-state index < -0.39 is 0 Å². The van der Waals surface area contributed by atoms with Gasteiger partial charge in [-0.1, -0.05) is 25.1 Å². The summed E-state index contributed by atoms with van der Waals surface area (Å²) >= 11 is 0. The molecule has 0 saturated heterocycles. The molecule has 5 heteroatoms. The van der Waals surface area contributed by atoms with Crippen molar-refractivity contribution in [2.24, 2.45) is 0 Å². The Bertz CT molecular complexity index is 598. The Labute approximate surface area is 131 Å². The minimum atomic E-state index is -0.142. The number of hydrogen-bond donors (Lipinski definition) is 1. The summed E-state index contributed by atoms with van der Waals surface area (Å²) < 4.78 is 0. The number of aromatic nitrogens is 2. The Balaban J connectivity index is 2.14. The van der Waals surface area contributed by atoms with Crippen molar-refractivity contribution >= 4 is 17.4 Å². The molecule has 1 heterocycles. The minimum Gasteiger partial charge on any atom is -0.366 e. The molecule has 1 aromatic heterocycles. The Morgan fingerprint density at radius 3 is 2.41 bits per heavy atom. The molecule has 1 unspecified atom stereocenters. The van der Waals surface area contributed by atoms with E-state index in [1.165, 1.54) is 0 Å². The summed E-state index contributed by atoms with van der Waals surface area (Å²) in [6.45, 7) is 6.70. The third-order valence-electron chi connectivity index (χ3n) is 3.52. The molecule has 116 valence electrons. The zero-order valence-electron chi connectivity index (χ0n) is 13.3. The molecule has 1 aromatic carbocycles. The lowest BCUT2D eigenvalue weighted by Gasteiger charge is -2.20. The first-order valence-electron chi connectivity index (χ1n) is 7.62. The molecule has 5 nitrogen and oxygen atoms in total. The molecular formula is C17H22N4O. The number of rotatable bonds is 6. The van der Waals surface area contributed by atoms with Crippen molar-refractivity contribution in [3.8, 4) is 0 Å². The van der Waals surface area contributed by atoms with Crippen LogP contribution in [-0.2, 0) is 0 Å². The maximum atomic E-state index is 12.6. The van der Waals surface area contributed by atoms with Crippen molar-refractivity contribution in [2.75, 3.05) is 16.8 Å². The number of carbonyl (C=O) groups excluding carboxylic acids is 1. The quantitative estimate of drug-likeness (QED) is 0.888. The van der Waals surface area contributed by atoms with Gasteiger partial charge in [0.1, 0.15) is 5.82 Å². The molecule has 0 radical (unpaired) electrons. The third kappa shape index (κ3) is 3.81. The van der Waals surface area contributed by atoms with Crippen LogP contribution in [0.5, 0.6) is 0 Å². The van der Waals surface area contributed by atoms with E-state index in [4.69, 9.17) is 0 Å². The summed E-state index contributed by atoms with van der Waals surface area (Å²) in [5, 5.41) is 11.4. The molecule has 0 spiro atoms. The molecule has 1 amide bonds. The predicted octanol–water partition coefficient (Wildman–Crippen LogP) is 3.35. The van der Waals surface area contributed by atoms with Crippen LogP contribution in [0.1, 0.15) is 37.7 Å². The van der Waals surface area contributed by atoms with Crippen LogP contribution in [0.15, 0.2) is 42.5 Å². The van der Waals surface area contributed by atoms with E-state index in [2.05, 4.69) is 29.4 Å². The topological polar surface area (TPSA) is 58.1 Å². The molecule has 0 bridgehead atoms. The van der Waals surface area contributed by atoms with Gasteiger partial charge >= 0.3 is 0 Å². The summed E-state index contributed by atoms with van der Waals surface area (Å²) in [6, 6.07) is 13.4. The van der Waals surface area contributed by atoms with Gasteiger partial charge in [0.15, 0.2) is 5.69 Å². The second kappa shape index (κ2) is 7.54. The first-order chi connectivity index (χ1) is 10.7. The van der Waals surface area contributed by atoms with E-state index in [-0.39, 0.29) is 5.91 Å². The minimum absolute atomic E-state index is 0.142. The third-order valence-corrected chi connectivity index (χ3v) is 3.52. The zero-order chi connectivity index (χ0) is 15.9. The van der Waals surface area contributed by atoms with Crippen molar-refractivity contribution in [1.29, 1.82) is 0 Å². The van der Waals surface area contributed by atoms with Gasteiger partial charge in [-0.15, -0.1) is 10.2 Å². The zero-order valence-corrected chi connectivity index (χ0v) is 13.3. The summed E-state index contributed by atoms with van der Waals surface area (Å²) in [7, 11) is 0. The summed E-state index contributed by atoms with van der Waals surface area (Å²) in [5.41, 5.74) is 1.21. The van der Waals surface area contributed by atoms with E-state index >= 15 is 0 Å². The predicted molar refractivity (Wildman–Crippen MR) is 89.2 cm³/mol. The summed E-state index contributed by atoms with van der Waals surface area (Å²) in [4.78, 5) is 14.3. The van der Waals surface area contributed by atoms with Crippen LogP contribution in [-0.4, -0.2) is 28.7 Å². The fourth-order valence-electron chi connectivity index (χ4n) is 2.07. The van der Waals surface area contributed by atoms with Gasteiger partial charge in [0.2, 0.25) is 0 Å².